The molecule has 1 aromatic rings. The largest absolute Gasteiger partial charge is 0.507 e. The Morgan fingerprint density at radius 2 is 2.32 bits per heavy atom. The van der Waals surface area contributed by atoms with E-state index in [0.717, 1.165) is 38.3 Å². The van der Waals surface area contributed by atoms with E-state index in [0.29, 0.717) is 17.4 Å². The highest BCUT2D eigenvalue weighted by atomic mass is 16.5. The van der Waals surface area contributed by atoms with Crippen molar-refractivity contribution in [1.29, 1.82) is 0 Å². The van der Waals surface area contributed by atoms with Crippen molar-refractivity contribution < 1.29 is 14.6 Å². The minimum atomic E-state index is 0.297. The van der Waals surface area contributed by atoms with E-state index in [1.165, 1.54) is 6.42 Å². The summed E-state index contributed by atoms with van der Waals surface area (Å²) in [4.78, 5) is 2.24. The molecule has 4 nitrogen and oxygen atoms in total. The van der Waals surface area contributed by atoms with Crippen LogP contribution in [-0.2, 0) is 11.3 Å². The second kappa shape index (κ2) is 6.78. The molecule has 1 saturated heterocycles. The molecule has 19 heavy (non-hydrogen) atoms. The third kappa shape index (κ3) is 4.11. The Bertz CT molecular complexity index is 402. The highest BCUT2D eigenvalue weighted by Gasteiger charge is 2.16. The molecule has 0 spiro atoms. The summed E-state index contributed by atoms with van der Waals surface area (Å²) in [5, 5.41) is 9.95. The third-order valence-electron chi connectivity index (χ3n) is 3.56. The number of rotatable bonds is 5. The van der Waals surface area contributed by atoms with Gasteiger partial charge in [-0.2, -0.15) is 0 Å². The van der Waals surface area contributed by atoms with Crippen LogP contribution in [-0.4, -0.2) is 43.9 Å². The van der Waals surface area contributed by atoms with Gasteiger partial charge in [0.25, 0.3) is 0 Å². The van der Waals surface area contributed by atoms with E-state index in [4.69, 9.17) is 9.47 Å². The topological polar surface area (TPSA) is 41.9 Å². The van der Waals surface area contributed by atoms with Crippen LogP contribution in [0.25, 0.3) is 0 Å². The summed E-state index contributed by atoms with van der Waals surface area (Å²) in [5.74, 6) is 1.59. The van der Waals surface area contributed by atoms with Gasteiger partial charge in [0.15, 0.2) is 0 Å². The molecule has 1 aliphatic heterocycles. The Morgan fingerprint density at radius 1 is 1.47 bits per heavy atom. The monoisotopic (exact) mass is 265 g/mol. The summed E-state index contributed by atoms with van der Waals surface area (Å²) in [6, 6.07) is 5.46. The fraction of sp³-hybridized carbons (Fsp3) is 0.600. The summed E-state index contributed by atoms with van der Waals surface area (Å²) in [6.45, 7) is 3.51. The SMILES string of the molecule is COc1ccc(CN(C)CC2CCCOC2)c(O)c1. The number of methoxy groups -OCH3 is 1. The first-order valence-corrected chi connectivity index (χ1v) is 6.81. The minimum absolute atomic E-state index is 0.297. The molecular formula is C15H23NO3. The second-order valence-corrected chi connectivity index (χ2v) is 5.27. The van der Waals surface area contributed by atoms with Crippen molar-refractivity contribution in [3.8, 4) is 11.5 Å². The predicted octanol–water partition coefficient (Wildman–Crippen LogP) is 2.26. The van der Waals surface area contributed by atoms with Crippen LogP contribution in [0.5, 0.6) is 11.5 Å². The predicted molar refractivity (Wildman–Crippen MR) is 74.5 cm³/mol. The lowest BCUT2D eigenvalue weighted by Crippen LogP contribution is -2.30. The highest BCUT2D eigenvalue weighted by molar-refractivity contribution is 5.39. The van der Waals surface area contributed by atoms with E-state index in [2.05, 4.69) is 11.9 Å². The van der Waals surface area contributed by atoms with Gasteiger partial charge >= 0.3 is 0 Å². The van der Waals surface area contributed by atoms with Gasteiger partial charge in [-0.15, -0.1) is 0 Å². The molecule has 4 heteroatoms. The average molecular weight is 265 g/mol. The number of nitrogens with zero attached hydrogens (tertiary/aromatic N) is 1. The molecule has 0 amide bonds. The molecule has 0 saturated carbocycles. The lowest BCUT2D eigenvalue weighted by atomic mass is 10.0. The zero-order valence-electron chi connectivity index (χ0n) is 11.8. The smallest absolute Gasteiger partial charge is 0.123 e. The third-order valence-corrected chi connectivity index (χ3v) is 3.56. The first-order valence-electron chi connectivity index (χ1n) is 6.81. The molecule has 2 rings (SSSR count). The fourth-order valence-electron chi connectivity index (χ4n) is 2.55. The van der Waals surface area contributed by atoms with Gasteiger partial charge in [-0.25, -0.2) is 0 Å². The summed E-state index contributed by atoms with van der Waals surface area (Å²) in [5.41, 5.74) is 0.931. The quantitative estimate of drug-likeness (QED) is 0.886. The maximum absolute atomic E-state index is 9.95. The normalized spacial score (nSPS) is 19.6. The molecule has 1 atom stereocenters. The van der Waals surface area contributed by atoms with E-state index in [9.17, 15) is 5.11 Å². The molecule has 1 aliphatic rings. The molecule has 1 N–H and O–H groups in total. The molecule has 0 radical (unpaired) electrons. The van der Waals surface area contributed by atoms with Crippen LogP contribution in [0.1, 0.15) is 18.4 Å². The van der Waals surface area contributed by atoms with Crippen LogP contribution in [0.2, 0.25) is 0 Å². The van der Waals surface area contributed by atoms with Crippen LogP contribution in [0.15, 0.2) is 18.2 Å². The van der Waals surface area contributed by atoms with Crippen LogP contribution in [0, 0.1) is 5.92 Å². The summed E-state index contributed by atoms with van der Waals surface area (Å²) >= 11 is 0. The van der Waals surface area contributed by atoms with Crippen molar-refractivity contribution in [3.63, 3.8) is 0 Å². The van der Waals surface area contributed by atoms with Crippen molar-refractivity contribution in [3.05, 3.63) is 23.8 Å². The van der Waals surface area contributed by atoms with Gasteiger partial charge in [0.05, 0.1) is 13.7 Å². The molecule has 1 fully saturated rings. The Labute approximate surface area is 114 Å². The minimum Gasteiger partial charge on any atom is -0.507 e. The first-order chi connectivity index (χ1) is 9.19. The maximum atomic E-state index is 9.95. The molecule has 1 heterocycles. The van der Waals surface area contributed by atoms with Crippen molar-refractivity contribution >= 4 is 0 Å². The van der Waals surface area contributed by atoms with E-state index in [1.54, 1.807) is 13.2 Å². The lowest BCUT2D eigenvalue weighted by Gasteiger charge is -2.27. The molecule has 0 bridgehead atoms. The first kappa shape index (κ1) is 14.2. The standard InChI is InChI=1S/C15H23NO3/c1-16(9-12-4-3-7-19-11-12)10-13-5-6-14(18-2)8-15(13)17/h5-6,8,12,17H,3-4,7,9-11H2,1-2H3. The summed E-state index contributed by atoms with van der Waals surface area (Å²) in [6.07, 6.45) is 2.39. The molecule has 1 aromatic carbocycles. The van der Waals surface area contributed by atoms with Gasteiger partial charge in [-0.05, 0) is 31.9 Å². The van der Waals surface area contributed by atoms with Crippen molar-refractivity contribution in [2.45, 2.75) is 19.4 Å². The zero-order chi connectivity index (χ0) is 13.7. The van der Waals surface area contributed by atoms with Crippen molar-refractivity contribution in [1.82, 2.24) is 4.90 Å². The van der Waals surface area contributed by atoms with Crippen molar-refractivity contribution in [2.24, 2.45) is 5.92 Å². The van der Waals surface area contributed by atoms with Gasteiger partial charge in [0, 0.05) is 31.3 Å². The zero-order valence-corrected chi connectivity index (χ0v) is 11.8. The fourth-order valence-corrected chi connectivity index (χ4v) is 2.55. The van der Waals surface area contributed by atoms with E-state index in [1.807, 2.05) is 12.1 Å². The van der Waals surface area contributed by atoms with Crippen LogP contribution in [0.3, 0.4) is 0 Å². The summed E-state index contributed by atoms with van der Waals surface area (Å²) < 4.78 is 10.6. The molecule has 106 valence electrons. The van der Waals surface area contributed by atoms with Crippen molar-refractivity contribution in [2.75, 3.05) is 33.9 Å². The van der Waals surface area contributed by atoms with Gasteiger partial charge < -0.3 is 19.5 Å². The Morgan fingerprint density at radius 3 is 2.95 bits per heavy atom. The number of phenols is 1. The number of benzene rings is 1. The molecule has 0 aromatic heterocycles. The van der Waals surface area contributed by atoms with Crippen LogP contribution in [0.4, 0.5) is 0 Å². The Kier molecular flexibility index (Phi) is 5.05. The molecule has 0 aliphatic carbocycles. The lowest BCUT2D eigenvalue weighted by molar-refractivity contribution is 0.0411. The summed E-state index contributed by atoms with van der Waals surface area (Å²) in [7, 11) is 3.68. The van der Waals surface area contributed by atoms with E-state index >= 15 is 0 Å². The molecule has 1 unspecified atom stereocenters. The van der Waals surface area contributed by atoms with Crippen LogP contribution < -0.4 is 4.74 Å². The second-order valence-electron chi connectivity index (χ2n) is 5.27. The number of aromatic hydroxyl groups is 1. The van der Waals surface area contributed by atoms with Gasteiger partial charge in [-0.1, -0.05) is 6.07 Å². The van der Waals surface area contributed by atoms with Gasteiger partial charge in [-0.3, -0.25) is 0 Å². The number of phenolic OH excluding ortho intramolecular Hbond substituents is 1. The van der Waals surface area contributed by atoms with E-state index in [-0.39, 0.29) is 0 Å². The number of hydrogen-bond donors (Lipinski definition) is 1. The molecular weight excluding hydrogens is 242 g/mol. The van der Waals surface area contributed by atoms with E-state index < -0.39 is 0 Å². The Balaban J connectivity index is 1.88. The van der Waals surface area contributed by atoms with Crippen LogP contribution >= 0.6 is 0 Å². The van der Waals surface area contributed by atoms with Gasteiger partial charge in [0.2, 0.25) is 0 Å². The number of hydrogen-bond acceptors (Lipinski definition) is 4. The highest BCUT2D eigenvalue weighted by Crippen LogP contribution is 2.25. The average Bonchev–Trinajstić information content (AvgIpc) is 2.42. The van der Waals surface area contributed by atoms with Gasteiger partial charge in [0.1, 0.15) is 11.5 Å². The Hall–Kier alpha value is -1.26. The maximum Gasteiger partial charge on any atom is 0.123 e. The number of ether oxygens (including phenoxy) is 2.